The molecule has 0 amide bonds. The van der Waals surface area contributed by atoms with Crippen LogP contribution >= 0.6 is 11.3 Å². The van der Waals surface area contributed by atoms with E-state index in [0.717, 1.165) is 5.00 Å². The standard InChI is InChI=1S/C10H15NS.C2H6/c1-7-8-5-3-2-4-6-9(8)12-10(7)11;1-2/h2-6,11H2,1H3;1-2H3. The van der Waals surface area contributed by atoms with Crippen LogP contribution in [0.25, 0.3) is 0 Å². The number of hydrogen-bond donors (Lipinski definition) is 1. The van der Waals surface area contributed by atoms with Gasteiger partial charge >= 0.3 is 0 Å². The van der Waals surface area contributed by atoms with E-state index in [1.54, 1.807) is 10.4 Å². The van der Waals surface area contributed by atoms with Gasteiger partial charge < -0.3 is 5.73 Å². The summed E-state index contributed by atoms with van der Waals surface area (Å²) in [6.07, 6.45) is 6.62. The van der Waals surface area contributed by atoms with Gasteiger partial charge in [0.1, 0.15) is 0 Å². The normalized spacial score (nSPS) is 15.1. The smallest absolute Gasteiger partial charge is 0.0891 e. The fourth-order valence-electron chi connectivity index (χ4n) is 1.92. The molecule has 0 unspecified atom stereocenters. The first-order chi connectivity index (χ1) is 6.79. The zero-order valence-corrected chi connectivity index (χ0v) is 10.3. The van der Waals surface area contributed by atoms with Crippen molar-refractivity contribution in [3.05, 3.63) is 16.0 Å². The predicted molar refractivity (Wildman–Crippen MR) is 66.1 cm³/mol. The fraction of sp³-hybridized carbons (Fsp3) is 0.667. The Hall–Kier alpha value is -0.500. The van der Waals surface area contributed by atoms with Crippen LogP contribution in [0.3, 0.4) is 0 Å². The molecule has 14 heavy (non-hydrogen) atoms. The molecule has 0 aliphatic heterocycles. The van der Waals surface area contributed by atoms with Gasteiger partial charge in [-0.05, 0) is 43.7 Å². The topological polar surface area (TPSA) is 26.0 Å². The van der Waals surface area contributed by atoms with Crippen LogP contribution in [0, 0.1) is 6.92 Å². The largest absolute Gasteiger partial charge is 0.390 e. The zero-order valence-electron chi connectivity index (χ0n) is 9.52. The monoisotopic (exact) mass is 211 g/mol. The zero-order chi connectivity index (χ0) is 10.6. The van der Waals surface area contributed by atoms with E-state index in [9.17, 15) is 0 Å². The lowest BCUT2D eigenvalue weighted by molar-refractivity contribution is 0.712. The van der Waals surface area contributed by atoms with Crippen LogP contribution in [-0.2, 0) is 12.8 Å². The molecule has 0 aromatic carbocycles. The van der Waals surface area contributed by atoms with Crippen LogP contribution in [0.2, 0.25) is 0 Å². The average Bonchev–Trinajstić information content (AvgIpc) is 2.44. The third-order valence-electron chi connectivity index (χ3n) is 2.72. The lowest BCUT2D eigenvalue weighted by atomic mass is 10.1. The van der Waals surface area contributed by atoms with Gasteiger partial charge in [-0.1, -0.05) is 20.3 Å². The number of rotatable bonds is 0. The number of hydrogen-bond acceptors (Lipinski definition) is 2. The van der Waals surface area contributed by atoms with Crippen molar-refractivity contribution in [1.29, 1.82) is 0 Å². The van der Waals surface area contributed by atoms with E-state index >= 15 is 0 Å². The van der Waals surface area contributed by atoms with Crippen molar-refractivity contribution >= 4 is 16.3 Å². The number of thiophene rings is 1. The highest BCUT2D eigenvalue weighted by Gasteiger charge is 2.14. The van der Waals surface area contributed by atoms with E-state index in [2.05, 4.69) is 6.92 Å². The van der Waals surface area contributed by atoms with Gasteiger partial charge in [-0.15, -0.1) is 11.3 Å². The molecule has 1 aromatic rings. The summed E-state index contributed by atoms with van der Waals surface area (Å²) in [5, 5.41) is 1.04. The summed E-state index contributed by atoms with van der Waals surface area (Å²) >= 11 is 1.81. The third kappa shape index (κ3) is 2.30. The lowest BCUT2D eigenvalue weighted by Gasteiger charge is -1.97. The maximum absolute atomic E-state index is 5.89. The van der Waals surface area contributed by atoms with Crippen LogP contribution in [-0.4, -0.2) is 0 Å². The Kier molecular flexibility index (Phi) is 4.46. The number of anilines is 1. The second-order valence-electron chi connectivity index (χ2n) is 3.55. The Morgan fingerprint density at radius 1 is 1.07 bits per heavy atom. The Morgan fingerprint density at radius 2 is 1.71 bits per heavy atom. The first kappa shape index (κ1) is 11.6. The van der Waals surface area contributed by atoms with Crippen molar-refractivity contribution in [2.75, 3.05) is 5.73 Å². The summed E-state index contributed by atoms with van der Waals surface area (Å²) in [7, 11) is 0. The van der Waals surface area contributed by atoms with Crippen LogP contribution < -0.4 is 5.73 Å². The van der Waals surface area contributed by atoms with Gasteiger partial charge in [-0.25, -0.2) is 0 Å². The maximum atomic E-state index is 5.89. The maximum Gasteiger partial charge on any atom is 0.0891 e. The molecule has 2 N–H and O–H groups in total. The Bertz CT molecular complexity index is 289. The van der Waals surface area contributed by atoms with Gasteiger partial charge in [-0.3, -0.25) is 0 Å². The molecule has 0 saturated carbocycles. The molecule has 1 aliphatic carbocycles. The molecule has 0 spiro atoms. The first-order valence-corrected chi connectivity index (χ1v) is 6.47. The summed E-state index contributed by atoms with van der Waals surface area (Å²) < 4.78 is 0. The average molecular weight is 211 g/mol. The predicted octanol–water partition coefficient (Wildman–Crippen LogP) is 3.93. The van der Waals surface area contributed by atoms with Gasteiger partial charge in [0.15, 0.2) is 0 Å². The van der Waals surface area contributed by atoms with Crippen molar-refractivity contribution in [3.63, 3.8) is 0 Å². The van der Waals surface area contributed by atoms with Crippen molar-refractivity contribution in [1.82, 2.24) is 0 Å². The number of nitrogen functional groups attached to an aromatic ring is 1. The summed E-state index contributed by atoms with van der Waals surface area (Å²) in [6, 6.07) is 0. The van der Waals surface area contributed by atoms with Crippen LogP contribution in [0.15, 0.2) is 0 Å². The van der Waals surface area contributed by atoms with Gasteiger partial charge in [-0.2, -0.15) is 0 Å². The highest BCUT2D eigenvalue weighted by atomic mass is 32.1. The Morgan fingerprint density at radius 3 is 2.43 bits per heavy atom. The van der Waals surface area contributed by atoms with Crippen molar-refractivity contribution < 1.29 is 0 Å². The fourth-order valence-corrected chi connectivity index (χ4v) is 3.09. The van der Waals surface area contributed by atoms with Crippen molar-refractivity contribution in [2.45, 2.75) is 52.9 Å². The highest BCUT2D eigenvalue weighted by molar-refractivity contribution is 7.16. The van der Waals surface area contributed by atoms with E-state index in [1.807, 2.05) is 25.2 Å². The molecule has 0 atom stereocenters. The van der Waals surface area contributed by atoms with Crippen LogP contribution in [0.5, 0.6) is 0 Å². The summed E-state index contributed by atoms with van der Waals surface area (Å²) in [4.78, 5) is 1.56. The van der Waals surface area contributed by atoms with E-state index in [4.69, 9.17) is 5.73 Å². The van der Waals surface area contributed by atoms with E-state index in [0.29, 0.717) is 0 Å². The molecular weight excluding hydrogens is 190 g/mol. The minimum absolute atomic E-state index is 1.04. The SMILES string of the molecule is CC.Cc1c(N)sc2c1CCCCC2. The highest BCUT2D eigenvalue weighted by Crippen LogP contribution is 2.34. The van der Waals surface area contributed by atoms with Gasteiger partial charge in [0.25, 0.3) is 0 Å². The van der Waals surface area contributed by atoms with Gasteiger partial charge in [0.05, 0.1) is 5.00 Å². The minimum atomic E-state index is 1.04. The number of nitrogens with two attached hydrogens (primary N) is 1. The first-order valence-electron chi connectivity index (χ1n) is 5.65. The second kappa shape index (κ2) is 5.40. The molecule has 0 radical (unpaired) electrons. The molecule has 2 rings (SSSR count). The van der Waals surface area contributed by atoms with E-state index in [1.165, 1.54) is 37.7 Å². The molecule has 0 fully saturated rings. The van der Waals surface area contributed by atoms with Crippen LogP contribution in [0.4, 0.5) is 5.00 Å². The van der Waals surface area contributed by atoms with Crippen molar-refractivity contribution in [3.8, 4) is 0 Å². The molecule has 1 aliphatic rings. The van der Waals surface area contributed by atoms with Crippen LogP contribution in [0.1, 0.15) is 49.1 Å². The van der Waals surface area contributed by atoms with E-state index < -0.39 is 0 Å². The number of fused-ring (bicyclic) bond motifs is 1. The molecule has 1 nitrogen and oxygen atoms in total. The van der Waals surface area contributed by atoms with Gasteiger partial charge in [0.2, 0.25) is 0 Å². The molecule has 0 bridgehead atoms. The summed E-state index contributed by atoms with van der Waals surface area (Å²) in [6.45, 7) is 6.16. The lowest BCUT2D eigenvalue weighted by Crippen LogP contribution is -1.88. The Labute approximate surface area is 91.3 Å². The van der Waals surface area contributed by atoms with E-state index in [-0.39, 0.29) is 0 Å². The summed E-state index contributed by atoms with van der Waals surface area (Å²) in [5.74, 6) is 0. The molecule has 1 aromatic heterocycles. The molecule has 1 heterocycles. The quantitative estimate of drug-likeness (QED) is 0.646. The molecule has 2 heteroatoms. The number of aryl methyl sites for hydroxylation is 1. The molecule has 0 saturated heterocycles. The third-order valence-corrected chi connectivity index (χ3v) is 3.95. The second-order valence-corrected chi connectivity index (χ2v) is 4.69. The molecule has 80 valence electrons. The summed E-state index contributed by atoms with van der Waals surface area (Å²) in [5.41, 5.74) is 8.81. The minimum Gasteiger partial charge on any atom is -0.390 e. The van der Waals surface area contributed by atoms with Gasteiger partial charge in [0, 0.05) is 4.88 Å². The molecular formula is C12H21NS. The Balaban J connectivity index is 0.000000461. The van der Waals surface area contributed by atoms with Crippen molar-refractivity contribution in [2.24, 2.45) is 0 Å².